The van der Waals surface area contributed by atoms with Crippen molar-refractivity contribution in [3.8, 4) is 11.8 Å². The molecule has 2 rings (SSSR count). The van der Waals surface area contributed by atoms with Crippen LogP contribution >= 0.6 is 35.0 Å². The smallest absolute Gasteiger partial charge is 0.383 e. The molecule has 0 spiro atoms. The van der Waals surface area contributed by atoms with Gasteiger partial charge in [0.2, 0.25) is 0 Å². The molecule has 0 aliphatic rings. The van der Waals surface area contributed by atoms with Crippen LogP contribution in [-0.2, 0) is 6.18 Å². The van der Waals surface area contributed by atoms with Gasteiger partial charge in [0.05, 0.1) is 26.2 Å². The Kier molecular flexibility index (Phi) is 5.04. The van der Waals surface area contributed by atoms with E-state index in [9.17, 15) is 13.2 Å². The molecule has 1 aromatic heterocycles. The summed E-state index contributed by atoms with van der Waals surface area (Å²) in [5.74, 6) is 0.791. The summed E-state index contributed by atoms with van der Waals surface area (Å²) in [5, 5.41) is 12.0. The van der Waals surface area contributed by atoms with Crippen LogP contribution in [0.1, 0.15) is 18.2 Å². The number of nitriles is 1. The van der Waals surface area contributed by atoms with E-state index in [0.29, 0.717) is 10.6 Å². The van der Waals surface area contributed by atoms with Crippen LogP contribution in [0, 0.1) is 11.3 Å². The fraction of sp³-hybridized carbons (Fsp3) is 0.231. The van der Waals surface area contributed by atoms with E-state index in [0.717, 1.165) is 16.8 Å². The molecule has 0 atom stereocenters. The molecule has 0 aliphatic carbocycles. The van der Waals surface area contributed by atoms with Gasteiger partial charge in [-0.2, -0.15) is 23.5 Å². The molecule has 23 heavy (non-hydrogen) atoms. The van der Waals surface area contributed by atoms with Gasteiger partial charge in [0.1, 0.15) is 11.9 Å². The quantitative estimate of drug-likeness (QED) is 0.779. The number of alkyl halides is 3. The maximum atomic E-state index is 12.9. The first-order chi connectivity index (χ1) is 10.7. The largest absolute Gasteiger partial charge is 0.419 e. The minimum atomic E-state index is -4.68. The molecule has 1 aromatic carbocycles. The Balaban J connectivity index is 2.63. The minimum absolute atomic E-state index is 0.0847. The zero-order valence-corrected chi connectivity index (χ0v) is 13.9. The van der Waals surface area contributed by atoms with Gasteiger partial charge in [-0.15, -0.1) is 11.8 Å². The topological polar surface area (TPSA) is 67.6 Å². The third-order valence-corrected chi connectivity index (χ3v) is 4.40. The molecular weight excluding hydrogens is 372 g/mol. The fourth-order valence-electron chi connectivity index (χ4n) is 1.93. The third kappa shape index (κ3) is 3.37. The second kappa shape index (κ2) is 6.51. The summed E-state index contributed by atoms with van der Waals surface area (Å²) in [6.45, 7) is 1.87. The molecule has 122 valence electrons. The highest BCUT2D eigenvalue weighted by Gasteiger charge is 2.36. The molecule has 10 heteroatoms. The lowest BCUT2D eigenvalue weighted by Gasteiger charge is -2.13. The Morgan fingerprint density at radius 1 is 1.35 bits per heavy atom. The summed E-state index contributed by atoms with van der Waals surface area (Å²) < 4.78 is 39.8. The number of benzene rings is 1. The van der Waals surface area contributed by atoms with E-state index in [1.807, 2.05) is 13.0 Å². The molecule has 1 heterocycles. The van der Waals surface area contributed by atoms with Gasteiger partial charge in [0.25, 0.3) is 0 Å². The number of hydrogen-bond donors (Lipinski definition) is 1. The molecule has 0 aliphatic heterocycles. The summed E-state index contributed by atoms with van der Waals surface area (Å²) in [7, 11) is 0. The first-order valence-corrected chi connectivity index (χ1v) is 7.92. The number of hydrogen-bond acceptors (Lipinski definition) is 4. The van der Waals surface area contributed by atoms with Crippen molar-refractivity contribution in [2.75, 3.05) is 11.5 Å². The number of halogens is 5. The highest BCUT2D eigenvalue weighted by atomic mass is 35.5. The maximum Gasteiger partial charge on any atom is 0.419 e. The van der Waals surface area contributed by atoms with Gasteiger partial charge < -0.3 is 5.73 Å². The van der Waals surface area contributed by atoms with Crippen molar-refractivity contribution in [2.45, 2.75) is 18.0 Å². The van der Waals surface area contributed by atoms with Gasteiger partial charge in [-0.1, -0.05) is 30.1 Å². The van der Waals surface area contributed by atoms with Crippen LogP contribution in [0.3, 0.4) is 0 Å². The molecule has 0 unspecified atom stereocenters. The van der Waals surface area contributed by atoms with Crippen LogP contribution in [0.4, 0.5) is 19.0 Å². The fourth-order valence-corrected chi connectivity index (χ4v) is 3.36. The monoisotopic (exact) mass is 380 g/mol. The number of nitrogens with two attached hydrogens (primary N) is 1. The van der Waals surface area contributed by atoms with Crippen LogP contribution in [-0.4, -0.2) is 15.5 Å². The highest BCUT2D eigenvalue weighted by molar-refractivity contribution is 7.99. The van der Waals surface area contributed by atoms with Gasteiger partial charge in [-0.05, 0) is 17.9 Å². The summed E-state index contributed by atoms with van der Waals surface area (Å²) >= 11 is 12.7. The molecule has 2 N–H and O–H groups in total. The van der Waals surface area contributed by atoms with E-state index >= 15 is 0 Å². The normalized spacial score (nSPS) is 11.5. The number of nitrogen functional groups attached to an aromatic ring is 1. The Morgan fingerprint density at radius 2 is 1.91 bits per heavy atom. The van der Waals surface area contributed by atoms with Crippen molar-refractivity contribution >= 4 is 40.8 Å². The number of thioether (sulfide) groups is 1. The van der Waals surface area contributed by atoms with Crippen LogP contribution in [0.2, 0.25) is 10.0 Å². The van der Waals surface area contributed by atoms with Gasteiger partial charge in [0.15, 0.2) is 5.69 Å². The highest BCUT2D eigenvalue weighted by Crippen LogP contribution is 2.41. The molecule has 0 saturated heterocycles. The predicted octanol–water partition coefficient (Wildman–Crippen LogP) is 4.76. The van der Waals surface area contributed by atoms with Crippen molar-refractivity contribution in [3.05, 3.63) is 33.4 Å². The van der Waals surface area contributed by atoms with E-state index in [4.69, 9.17) is 34.2 Å². The van der Waals surface area contributed by atoms with Gasteiger partial charge >= 0.3 is 6.18 Å². The van der Waals surface area contributed by atoms with Crippen LogP contribution in [0.25, 0.3) is 5.69 Å². The lowest BCUT2D eigenvalue weighted by atomic mass is 10.2. The number of aromatic nitrogens is 2. The second-order valence-corrected chi connectivity index (χ2v) is 6.39. The van der Waals surface area contributed by atoms with E-state index in [1.165, 1.54) is 11.8 Å². The summed E-state index contributed by atoms with van der Waals surface area (Å²) in [6, 6.07) is 4.01. The van der Waals surface area contributed by atoms with E-state index in [-0.39, 0.29) is 17.2 Å². The zero-order valence-electron chi connectivity index (χ0n) is 11.6. The summed E-state index contributed by atoms with van der Waals surface area (Å²) in [6.07, 6.45) is -4.68. The first-order valence-electron chi connectivity index (χ1n) is 6.18. The Labute approximate surface area is 144 Å². The van der Waals surface area contributed by atoms with Crippen molar-refractivity contribution in [3.63, 3.8) is 0 Å². The summed E-state index contributed by atoms with van der Waals surface area (Å²) in [5.41, 5.74) is 5.04. The number of rotatable bonds is 3. The van der Waals surface area contributed by atoms with E-state index in [2.05, 4.69) is 5.10 Å². The van der Waals surface area contributed by atoms with Crippen LogP contribution in [0.15, 0.2) is 17.0 Å². The molecule has 0 bridgehead atoms. The van der Waals surface area contributed by atoms with E-state index < -0.39 is 21.8 Å². The van der Waals surface area contributed by atoms with E-state index in [1.54, 1.807) is 0 Å². The average molecular weight is 381 g/mol. The van der Waals surface area contributed by atoms with Crippen molar-refractivity contribution in [1.29, 1.82) is 5.26 Å². The SMILES string of the molecule is CCSc1c(C#N)nn(-c2cc(Cl)c(C(F)(F)F)c(Cl)c2)c1N. The second-order valence-electron chi connectivity index (χ2n) is 4.30. The molecule has 4 nitrogen and oxygen atoms in total. The molecular formula is C13H9Cl2F3N4S. The maximum absolute atomic E-state index is 12.9. The molecule has 0 radical (unpaired) electrons. The van der Waals surface area contributed by atoms with Gasteiger partial charge in [0, 0.05) is 0 Å². The van der Waals surface area contributed by atoms with Crippen LogP contribution in [0.5, 0.6) is 0 Å². The Bertz CT molecular complexity index is 773. The number of anilines is 1. The van der Waals surface area contributed by atoms with Crippen molar-refractivity contribution in [2.24, 2.45) is 0 Å². The molecule has 0 fully saturated rings. The first kappa shape index (κ1) is 17.8. The standard InChI is InChI=1S/C13H9Cl2F3N4S/c1-2-23-11-9(5-19)21-22(12(11)20)6-3-7(14)10(8(15)4-6)13(16,17)18/h3-4H,2,20H2,1H3. The Hall–Kier alpha value is -1.56. The predicted molar refractivity (Wildman–Crippen MR) is 84.1 cm³/mol. The van der Waals surface area contributed by atoms with Crippen molar-refractivity contribution in [1.82, 2.24) is 9.78 Å². The molecule has 0 saturated carbocycles. The molecule has 0 amide bonds. The lowest BCUT2D eigenvalue weighted by Crippen LogP contribution is -2.09. The van der Waals surface area contributed by atoms with Gasteiger partial charge in [-0.25, -0.2) is 4.68 Å². The van der Waals surface area contributed by atoms with Crippen LogP contribution < -0.4 is 5.73 Å². The third-order valence-electron chi connectivity index (χ3n) is 2.83. The molecule has 2 aromatic rings. The van der Waals surface area contributed by atoms with Crippen molar-refractivity contribution < 1.29 is 13.2 Å². The number of nitrogens with zero attached hydrogens (tertiary/aromatic N) is 3. The van der Waals surface area contributed by atoms with Gasteiger partial charge in [-0.3, -0.25) is 0 Å². The lowest BCUT2D eigenvalue weighted by molar-refractivity contribution is -0.137. The summed E-state index contributed by atoms with van der Waals surface area (Å²) in [4.78, 5) is 0.460. The Morgan fingerprint density at radius 3 is 2.35 bits per heavy atom. The minimum Gasteiger partial charge on any atom is -0.383 e. The average Bonchev–Trinajstić information content (AvgIpc) is 2.74. The zero-order chi connectivity index (χ0) is 17.4.